The number of halogens is 1. The van der Waals surface area contributed by atoms with E-state index in [-0.39, 0.29) is 11.5 Å². The van der Waals surface area contributed by atoms with E-state index in [1.54, 1.807) is 0 Å². The van der Waals surface area contributed by atoms with Crippen molar-refractivity contribution in [3.05, 3.63) is 42.2 Å². The monoisotopic (exact) mass is 383 g/mol. The lowest BCUT2D eigenvalue weighted by Gasteiger charge is -2.16. The Balaban J connectivity index is 2.01. The molecular weight excluding hydrogens is 357 g/mol. The van der Waals surface area contributed by atoms with Crippen LogP contribution in [0.5, 0.6) is 0 Å². The van der Waals surface area contributed by atoms with Crippen LogP contribution in [0.1, 0.15) is 25.3 Å². The van der Waals surface area contributed by atoms with Gasteiger partial charge in [-0.1, -0.05) is 19.9 Å². The van der Waals surface area contributed by atoms with Gasteiger partial charge in [0, 0.05) is 43.0 Å². The number of pyridine rings is 1. The van der Waals surface area contributed by atoms with Gasteiger partial charge in [-0.05, 0) is 30.7 Å². The first-order chi connectivity index (χ1) is 13.3. The molecule has 0 amide bonds. The molecule has 7 nitrogen and oxygen atoms in total. The minimum absolute atomic E-state index is 0.199. The molecule has 1 aromatic carbocycles. The number of nitrogen functional groups attached to an aromatic ring is 1. The summed E-state index contributed by atoms with van der Waals surface area (Å²) in [6.07, 6.45) is 2.21. The molecule has 0 spiro atoms. The number of fused-ring (bicyclic) bond motifs is 1. The number of aromatic nitrogens is 3. The Kier molecular flexibility index (Phi) is 5.39. The van der Waals surface area contributed by atoms with Gasteiger partial charge in [-0.2, -0.15) is 5.10 Å². The number of unbranched alkanes of at least 4 members (excludes halogenated alkanes) is 1. The quantitative estimate of drug-likeness (QED) is 0.577. The number of nitrogens with zero attached hydrogens (tertiary/aromatic N) is 4. The van der Waals surface area contributed by atoms with Crippen molar-refractivity contribution in [3.63, 3.8) is 0 Å². The molecule has 0 fully saturated rings. The molecule has 28 heavy (non-hydrogen) atoms. The van der Waals surface area contributed by atoms with Crippen LogP contribution < -0.4 is 21.7 Å². The number of hydrogen-bond acceptors (Lipinski definition) is 6. The molecule has 2 heterocycles. The summed E-state index contributed by atoms with van der Waals surface area (Å²) in [4.78, 5) is 6.24. The van der Waals surface area contributed by atoms with E-state index in [9.17, 15) is 4.39 Å². The second kappa shape index (κ2) is 7.75. The van der Waals surface area contributed by atoms with Crippen LogP contribution in [0, 0.1) is 5.82 Å². The molecule has 0 radical (unpaired) electrons. The van der Waals surface area contributed by atoms with Crippen molar-refractivity contribution in [3.8, 4) is 0 Å². The summed E-state index contributed by atoms with van der Waals surface area (Å²) in [5.41, 5.74) is 13.8. The minimum atomic E-state index is -0.630. The summed E-state index contributed by atoms with van der Waals surface area (Å²) in [5.74, 6) is 0.435. The Morgan fingerprint density at radius 2 is 2.11 bits per heavy atom. The van der Waals surface area contributed by atoms with E-state index >= 15 is 0 Å². The van der Waals surface area contributed by atoms with Gasteiger partial charge in [0.05, 0.1) is 5.52 Å². The van der Waals surface area contributed by atoms with Crippen LogP contribution in [-0.2, 0) is 7.05 Å². The SMILES string of the molecule is C=C(N)c1cc(F)c(N)nc1Nc1ccc2c(c1)c(N(C)CCCC)nn2C. The molecule has 5 N–H and O–H groups in total. The summed E-state index contributed by atoms with van der Waals surface area (Å²) in [7, 11) is 3.96. The van der Waals surface area contributed by atoms with Gasteiger partial charge in [0.1, 0.15) is 5.82 Å². The van der Waals surface area contributed by atoms with E-state index in [1.807, 2.05) is 37.0 Å². The zero-order chi connectivity index (χ0) is 20.4. The van der Waals surface area contributed by atoms with Gasteiger partial charge < -0.3 is 21.7 Å². The van der Waals surface area contributed by atoms with Gasteiger partial charge in [0.15, 0.2) is 17.5 Å². The number of aryl methyl sites for hydroxylation is 1. The summed E-state index contributed by atoms with van der Waals surface area (Å²) in [6.45, 7) is 6.78. The highest BCUT2D eigenvalue weighted by Gasteiger charge is 2.15. The minimum Gasteiger partial charge on any atom is -0.399 e. The van der Waals surface area contributed by atoms with Gasteiger partial charge in [-0.15, -0.1) is 0 Å². The first kappa shape index (κ1) is 19.5. The van der Waals surface area contributed by atoms with Crippen molar-refractivity contribution < 1.29 is 4.39 Å². The first-order valence-corrected chi connectivity index (χ1v) is 9.17. The van der Waals surface area contributed by atoms with Crippen molar-refractivity contribution in [1.82, 2.24) is 14.8 Å². The fourth-order valence-electron chi connectivity index (χ4n) is 3.09. The zero-order valence-corrected chi connectivity index (χ0v) is 16.5. The Labute approximate surface area is 163 Å². The predicted molar refractivity (Wildman–Crippen MR) is 114 cm³/mol. The fraction of sp³-hybridized carbons (Fsp3) is 0.300. The number of rotatable bonds is 7. The zero-order valence-electron chi connectivity index (χ0n) is 16.5. The number of nitrogens with one attached hydrogen (secondary N) is 1. The van der Waals surface area contributed by atoms with Crippen LogP contribution in [0.2, 0.25) is 0 Å². The van der Waals surface area contributed by atoms with E-state index < -0.39 is 5.82 Å². The van der Waals surface area contributed by atoms with Crippen molar-refractivity contribution in [2.45, 2.75) is 19.8 Å². The van der Waals surface area contributed by atoms with Crippen LogP contribution in [0.25, 0.3) is 16.6 Å². The van der Waals surface area contributed by atoms with Crippen molar-refractivity contribution in [1.29, 1.82) is 0 Å². The highest BCUT2D eigenvalue weighted by atomic mass is 19.1. The van der Waals surface area contributed by atoms with Gasteiger partial charge >= 0.3 is 0 Å². The highest BCUT2D eigenvalue weighted by molar-refractivity contribution is 5.93. The standard InChI is InChI=1S/C20H26FN7/c1-5-6-9-27(3)20-15-10-13(7-8-17(15)28(4)26-20)24-19-14(12(2)22)11-16(21)18(23)25-19/h7-8,10-11H,2,5-6,9,22H2,1,3-4H3,(H3,23,24,25). The predicted octanol–water partition coefficient (Wildman–Crippen LogP) is 3.60. The van der Waals surface area contributed by atoms with Crippen LogP contribution in [0.15, 0.2) is 30.8 Å². The third-order valence-electron chi connectivity index (χ3n) is 4.65. The molecule has 0 aliphatic heterocycles. The molecular formula is C20H26FN7. The lowest BCUT2D eigenvalue weighted by Crippen LogP contribution is -2.19. The van der Waals surface area contributed by atoms with E-state index in [0.717, 1.165) is 41.8 Å². The molecule has 0 bridgehead atoms. The number of nitrogens with two attached hydrogens (primary N) is 2. The first-order valence-electron chi connectivity index (χ1n) is 9.17. The Morgan fingerprint density at radius 1 is 1.36 bits per heavy atom. The van der Waals surface area contributed by atoms with Gasteiger partial charge in [0.2, 0.25) is 0 Å². The van der Waals surface area contributed by atoms with E-state index in [0.29, 0.717) is 11.4 Å². The summed E-state index contributed by atoms with van der Waals surface area (Å²) in [5, 5.41) is 8.84. The molecule has 3 rings (SSSR count). The third kappa shape index (κ3) is 3.71. The second-order valence-electron chi connectivity index (χ2n) is 6.86. The smallest absolute Gasteiger partial charge is 0.166 e. The lowest BCUT2D eigenvalue weighted by atomic mass is 10.1. The van der Waals surface area contributed by atoms with Crippen LogP contribution >= 0.6 is 0 Å². The van der Waals surface area contributed by atoms with Crippen molar-refractivity contribution in [2.75, 3.05) is 29.5 Å². The summed E-state index contributed by atoms with van der Waals surface area (Å²) in [6, 6.07) is 7.11. The maximum Gasteiger partial charge on any atom is 0.166 e. The van der Waals surface area contributed by atoms with Crippen LogP contribution in [-0.4, -0.2) is 28.4 Å². The normalized spacial score (nSPS) is 11.0. The molecule has 0 saturated carbocycles. The molecule has 3 aromatic rings. The molecule has 8 heteroatoms. The van der Waals surface area contributed by atoms with Crippen LogP contribution in [0.4, 0.5) is 27.5 Å². The Hall–Kier alpha value is -3.29. The molecule has 0 aliphatic carbocycles. The average Bonchev–Trinajstić information content (AvgIpc) is 2.98. The Morgan fingerprint density at radius 3 is 2.79 bits per heavy atom. The number of anilines is 4. The molecule has 2 aromatic heterocycles. The Bertz CT molecular complexity index is 1030. The summed E-state index contributed by atoms with van der Waals surface area (Å²) < 4.78 is 15.6. The fourth-order valence-corrected chi connectivity index (χ4v) is 3.09. The highest BCUT2D eigenvalue weighted by Crippen LogP contribution is 2.31. The molecule has 148 valence electrons. The van der Waals surface area contributed by atoms with Crippen molar-refractivity contribution in [2.24, 2.45) is 12.8 Å². The van der Waals surface area contributed by atoms with Gasteiger partial charge in [-0.3, -0.25) is 4.68 Å². The number of hydrogen-bond donors (Lipinski definition) is 3. The molecule has 0 atom stereocenters. The van der Waals surface area contributed by atoms with Crippen molar-refractivity contribution >= 4 is 39.7 Å². The summed E-state index contributed by atoms with van der Waals surface area (Å²) >= 11 is 0. The van der Waals surface area contributed by atoms with Gasteiger partial charge in [-0.25, -0.2) is 9.37 Å². The average molecular weight is 383 g/mol. The second-order valence-corrected chi connectivity index (χ2v) is 6.86. The third-order valence-corrected chi connectivity index (χ3v) is 4.65. The maximum absolute atomic E-state index is 13.8. The molecule has 0 unspecified atom stereocenters. The topological polar surface area (TPSA) is 98.0 Å². The van der Waals surface area contributed by atoms with Gasteiger partial charge in [0.25, 0.3) is 0 Å². The largest absolute Gasteiger partial charge is 0.399 e. The maximum atomic E-state index is 13.8. The molecule has 0 saturated heterocycles. The van der Waals surface area contributed by atoms with Crippen LogP contribution in [0.3, 0.4) is 0 Å². The lowest BCUT2D eigenvalue weighted by molar-refractivity contribution is 0.627. The van der Waals surface area contributed by atoms with E-state index in [2.05, 4.69) is 33.8 Å². The van der Waals surface area contributed by atoms with E-state index in [4.69, 9.17) is 11.5 Å². The molecule has 0 aliphatic rings. The van der Waals surface area contributed by atoms with E-state index in [1.165, 1.54) is 6.07 Å². The number of benzene rings is 1.